The van der Waals surface area contributed by atoms with E-state index in [1.54, 1.807) is 0 Å². The third-order valence-electron chi connectivity index (χ3n) is 1.54. The highest BCUT2D eigenvalue weighted by Gasteiger charge is 2.15. The minimum atomic E-state index is -0.940. The topological polar surface area (TPSA) is 96.0 Å². The van der Waals surface area contributed by atoms with Crippen LogP contribution >= 0.6 is 0 Å². The van der Waals surface area contributed by atoms with E-state index in [2.05, 4.69) is 18.3 Å². The molecule has 1 rings (SSSR count). The maximum atomic E-state index is 10.8. The first-order valence-corrected chi connectivity index (χ1v) is 4.37. The van der Waals surface area contributed by atoms with E-state index in [1.807, 2.05) is 0 Å². The third-order valence-corrected chi connectivity index (χ3v) is 1.54. The summed E-state index contributed by atoms with van der Waals surface area (Å²) in [5.41, 5.74) is 0. The van der Waals surface area contributed by atoms with Crippen LogP contribution in [0.25, 0.3) is 0 Å². The Kier molecular flexibility index (Phi) is 3.87. The van der Waals surface area contributed by atoms with Gasteiger partial charge in [0.2, 0.25) is 0 Å². The monoisotopic (exact) mass is 230 g/mol. The second kappa shape index (κ2) is 5.15. The second-order valence-corrected chi connectivity index (χ2v) is 2.86. The average Bonchev–Trinajstić information content (AvgIpc) is 2.52. The summed E-state index contributed by atoms with van der Waals surface area (Å²) in [6.07, 6.45) is 0. The zero-order valence-corrected chi connectivity index (χ0v) is 8.77. The third kappa shape index (κ3) is 3.60. The fraction of sp³-hybridized carbons (Fsp3) is 0.444. The highest BCUT2D eigenvalue weighted by molar-refractivity contribution is 5.66. The molecule has 0 radical (unpaired) electrons. The van der Waals surface area contributed by atoms with Gasteiger partial charge in [0, 0.05) is 13.8 Å². The van der Waals surface area contributed by atoms with Crippen LogP contribution in [0.15, 0.2) is 13.6 Å². The van der Waals surface area contributed by atoms with E-state index in [0.717, 1.165) is 0 Å². The summed E-state index contributed by atoms with van der Waals surface area (Å²) in [6.45, 7) is 1.95. The maximum Gasteiger partial charge on any atom is 0.519 e. The molecular formula is C9H10O7. The van der Waals surface area contributed by atoms with E-state index in [0.29, 0.717) is 0 Å². The molecule has 0 spiro atoms. The predicted molar refractivity (Wildman–Crippen MR) is 48.2 cm³/mol. The van der Waals surface area contributed by atoms with Crippen LogP contribution in [0.1, 0.15) is 25.4 Å². The fourth-order valence-electron chi connectivity index (χ4n) is 0.890. The van der Waals surface area contributed by atoms with Crippen molar-refractivity contribution in [3.05, 3.63) is 22.1 Å². The van der Waals surface area contributed by atoms with E-state index in [1.165, 1.54) is 13.8 Å². The van der Waals surface area contributed by atoms with Gasteiger partial charge < -0.3 is 18.3 Å². The Balaban J connectivity index is 2.70. The van der Waals surface area contributed by atoms with E-state index in [4.69, 9.17) is 0 Å². The van der Waals surface area contributed by atoms with Crippen LogP contribution in [0.2, 0.25) is 0 Å². The van der Waals surface area contributed by atoms with Gasteiger partial charge in [0.25, 0.3) is 0 Å². The van der Waals surface area contributed by atoms with Crippen molar-refractivity contribution in [2.24, 2.45) is 0 Å². The average molecular weight is 230 g/mol. The Hall–Kier alpha value is -2.05. The molecule has 0 unspecified atom stereocenters. The molecule has 0 atom stereocenters. The van der Waals surface area contributed by atoms with Gasteiger partial charge >= 0.3 is 17.8 Å². The first kappa shape index (κ1) is 12.0. The smallest absolute Gasteiger partial charge is 0.458 e. The SMILES string of the molecule is CC(=O)OCc1oc(=O)oc1COC(C)=O. The van der Waals surface area contributed by atoms with Crippen molar-refractivity contribution >= 4 is 11.9 Å². The first-order chi connectivity index (χ1) is 7.49. The number of rotatable bonds is 4. The highest BCUT2D eigenvalue weighted by Crippen LogP contribution is 2.10. The Labute approximate surface area is 89.9 Å². The molecular weight excluding hydrogens is 220 g/mol. The van der Waals surface area contributed by atoms with Gasteiger partial charge in [0.15, 0.2) is 24.7 Å². The van der Waals surface area contributed by atoms with Crippen molar-refractivity contribution < 1.29 is 27.9 Å². The molecule has 0 aliphatic carbocycles. The van der Waals surface area contributed by atoms with Crippen LogP contribution in [0, 0.1) is 0 Å². The van der Waals surface area contributed by atoms with E-state index in [9.17, 15) is 14.4 Å². The summed E-state index contributed by atoms with van der Waals surface area (Å²) in [4.78, 5) is 31.9. The molecule has 7 nitrogen and oxygen atoms in total. The molecule has 0 saturated carbocycles. The normalized spacial score (nSPS) is 9.88. The van der Waals surface area contributed by atoms with Crippen molar-refractivity contribution in [1.82, 2.24) is 0 Å². The zero-order chi connectivity index (χ0) is 12.1. The Morgan fingerprint density at radius 1 is 1.00 bits per heavy atom. The van der Waals surface area contributed by atoms with Crippen molar-refractivity contribution in [2.75, 3.05) is 0 Å². The molecule has 88 valence electrons. The number of hydrogen-bond donors (Lipinski definition) is 0. The van der Waals surface area contributed by atoms with Gasteiger partial charge in [-0.1, -0.05) is 0 Å². The van der Waals surface area contributed by atoms with Crippen LogP contribution in [-0.4, -0.2) is 11.9 Å². The molecule has 1 heterocycles. The summed E-state index contributed by atoms with van der Waals surface area (Å²) in [5, 5.41) is 0. The Morgan fingerprint density at radius 2 is 1.38 bits per heavy atom. The summed E-state index contributed by atoms with van der Waals surface area (Å²) in [7, 11) is 0. The predicted octanol–water partition coefficient (Wildman–Crippen LogP) is 0.359. The molecule has 0 aromatic carbocycles. The van der Waals surface area contributed by atoms with E-state index < -0.39 is 17.8 Å². The lowest BCUT2D eigenvalue weighted by atomic mass is 10.4. The number of hydrogen-bond acceptors (Lipinski definition) is 7. The van der Waals surface area contributed by atoms with Crippen molar-refractivity contribution in [3.63, 3.8) is 0 Å². The Morgan fingerprint density at radius 3 is 1.69 bits per heavy atom. The largest absolute Gasteiger partial charge is 0.519 e. The van der Waals surface area contributed by atoms with Gasteiger partial charge in [-0.05, 0) is 0 Å². The fourth-order valence-corrected chi connectivity index (χ4v) is 0.890. The van der Waals surface area contributed by atoms with Gasteiger partial charge in [-0.15, -0.1) is 0 Å². The molecule has 0 aliphatic rings. The van der Waals surface area contributed by atoms with Crippen LogP contribution < -0.4 is 5.82 Å². The van der Waals surface area contributed by atoms with Crippen LogP contribution in [0.4, 0.5) is 0 Å². The summed E-state index contributed by atoms with van der Waals surface area (Å²) in [6, 6.07) is 0. The van der Waals surface area contributed by atoms with Crippen LogP contribution in [0.5, 0.6) is 0 Å². The minimum absolute atomic E-state index is 0.0291. The second-order valence-electron chi connectivity index (χ2n) is 2.86. The van der Waals surface area contributed by atoms with E-state index >= 15 is 0 Å². The summed E-state index contributed by atoms with van der Waals surface area (Å²) < 4.78 is 18.4. The number of carbonyl (C=O) groups is 2. The molecule has 0 aliphatic heterocycles. The van der Waals surface area contributed by atoms with Crippen LogP contribution in [-0.2, 0) is 32.3 Å². The minimum Gasteiger partial charge on any atom is -0.458 e. The molecule has 0 amide bonds. The number of ether oxygens (including phenoxy) is 2. The van der Waals surface area contributed by atoms with E-state index in [-0.39, 0.29) is 24.7 Å². The van der Waals surface area contributed by atoms with Crippen molar-refractivity contribution in [1.29, 1.82) is 0 Å². The lowest BCUT2D eigenvalue weighted by Gasteiger charge is -2.00. The van der Waals surface area contributed by atoms with Gasteiger partial charge in [-0.2, -0.15) is 0 Å². The molecule has 1 aromatic rings. The van der Waals surface area contributed by atoms with Crippen molar-refractivity contribution in [2.45, 2.75) is 27.1 Å². The lowest BCUT2D eigenvalue weighted by molar-refractivity contribution is -0.144. The highest BCUT2D eigenvalue weighted by atomic mass is 16.6. The number of esters is 2. The Bertz CT molecular complexity index is 400. The van der Waals surface area contributed by atoms with Gasteiger partial charge in [-0.25, -0.2) is 4.79 Å². The molecule has 0 fully saturated rings. The maximum absolute atomic E-state index is 10.8. The molecule has 0 bridgehead atoms. The summed E-state index contributed by atoms with van der Waals surface area (Å²) >= 11 is 0. The number of carbonyl (C=O) groups excluding carboxylic acids is 2. The summed E-state index contributed by atoms with van der Waals surface area (Å²) in [5.74, 6) is -1.93. The molecule has 0 N–H and O–H groups in total. The molecule has 1 aromatic heterocycles. The van der Waals surface area contributed by atoms with Gasteiger partial charge in [0.05, 0.1) is 0 Å². The van der Waals surface area contributed by atoms with Crippen LogP contribution in [0.3, 0.4) is 0 Å². The quantitative estimate of drug-likeness (QED) is 0.689. The van der Waals surface area contributed by atoms with Gasteiger partial charge in [0.1, 0.15) is 0 Å². The zero-order valence-electron chi connectivity index (χ0n) is 8.77. The lowest BCUT2D eigenvalue weighted by Crippen LogP contribution is -2.03. The first-order valence-electron chi connectivity index (χ1n) is 4.37. The van der Waals surface area contributed by atoms with Gasteiger partial charge in [-0.3, -0.25) is 9.59 Å². The molecule has 7 heteroatoms. The van der Waals surface area contributed by atoms with Crippen molar-refractivity contribution in [3.8, 4) is 0 Å². The molecule has 0 saturated heterocycles. The molecule has 16 heavy (non-hydrogen) atoms. The standard InChI is InChI=1S/C9H10O7/c1-5(10)13-3-7-8(4-14-6(2)11)16-9(12)15-7/h3-4H2,1-2H3.